The summed E-state index contributed by atoms with van der Waals surface area (Å²) in [5.41, 5.74) is -0.959. The molecule has 0 bridgehead atoms. The highest BCUT2D eigenvalue weighted by Crippen LogP contribution is 2.40. The highest BCUT2D eigenvalue weighted by Gasteiger charge is 2.50. The van der Waals surface area contributed by atoms with Crippen molar-refractivity contribution < 1.29 is 19.7 Å². The van der Waals surface area contributed by atoms with E-state index in [1.54, 1.807) is 24.3 Å². The summed E-state index contributed by atoms with van der Waals surface area (Å²) in [6.45, 7) is -0.281. The molecule has 1 saturated carbocycles. The largest absolute Gasteiger partial charge is 0.415 e. The van der Waals surface area contributed by atoms with Gasteiger partial charge in [-0.1, -0.05) is 18.2 Å². The van der Waals surface area contributed by atoms with Gasteiger partial charge >= 0.3 is 6.09 Å². The molecule has 0 saturated heterocycles. The standard InChI is InChI=1S/C13H17NO4/c1-14(11(9-15)13(17)7-8-13)12(16)18-10-5-3-2-4-6-10/h2-6,11,15,17H,7-9H2,1H3/t11-/m1/s1. The molecule has 1 fully saturated rings. The Morgan fingerprint density at radius 2 is 2.06 bits per heavy atom. The summed E-state index contributed by atoms with van der Waals surface area (Å²) in [6.07, 6.45) is 0.614. The van der Waals surface area contributed by atoms with Gasteiger partial charge in [-0.2, -0.15) is 0 Å². The first-order chi connectivity index (χ1) is 8.57. The van der Waals surface area contributed by atoms with Gasteiger partial charge in [-0.15, -0.1) is 0 Å². The normalized spacial score (nSPS) is 17.9. The molecule has 1 amide bonds. The molecule has 2 rings (SSSR count). The molecule has 1 aliphatic carbocycles. The summed E-state index contributed by atoms with van der Waals surface area (Å²) >= 11 is 0. The van der Waals surface area contributed by atoms with Crippen molar-refractivity contribution in [1.82, 2.24) is 4.90 Å². The van der Waals surface area contributed by atoms with Gasteiger partial charge in [-0.3, -0.25) is 0 Å². The molecule has 98 valence electrons. The van der Waals surface area contributed by atoms with Gasteiger partial charge in [0.15, 0.2) is 0 Å². The lowest BCUT2D eigenvalue weighted by Gasteiger charge is -2.29. The summed E-state index contributed by atoms with van der Waals surface area (Å²) in [6, 6.07) is 8.08. The topological polar surface area (TPSA) is 70.0 Å². The van der Waals surface area contributed by atoms with E-state index in [0.29, 0.717) is 18.6 Å². The summed E-state index contributed by atoms with van der Waals surface area (Å²) < 4.78 is 5.15. The number of aliphatic hydroxyl groups excluding tert-OH is 1. The zero-order valence-electron chi connectivity index (χ0n) is 10.2. The highest BCUT2D eigenvalue weighted by molar-refractivity contribution is 5.71. The van der Waals surface area contributed by atoms with Crippen LogP contribution < -0.4 is 4.74 Å². The van der Waals surface area contributed by atoms with E-state index in [2.05, 4.69) is 0 Å². The number of para-hydroxylation sites is 1. The lowest BCUT2D eigenvalue weighted by Crippen LogP contribution is -2.49. The van der Waals surface area contributed by atoms with Crippen molar-refractivity contribution in [1.29, 1.82) is 0 Å². The van der Waals surface area contributed by atoms with Crippen molar-refractivity contribution in [3.8, 4) is 5.75 Å². The molecule has 1 atom stereocenters. The van der Waals surface area contributed by atoms with Crippen molar-refractivity contribution in [2.45, 2.75) is 24.5 Å². The lowest BCUT2D eigenvalue weighted by atomic mass is 10.1. The molecule has 5 heteroatoms. The smallest absolute Gasteiger partial charge is 0.410 e. The van der Waals surface area contributed by atoms with E-state index in [4.69, 9.17) is 4.74 Å². The average Bonchev–Trinajstić information content (AvgIpc) is 3.10. The third-order valence-corrected chi connectivity index (χ3v) is 3.26. The van der Waals surface area contributed by atoms with E-state index in [9.17, 15) is 15.0 Å². The fraction of sp³-hybridized carbons (Fsp3) is 0.462. The Balaban J connectivity index is 2.00. The van der Waals surface area contributed by atoms with Crippen LogP contribution in [-0.2, 0) is 0 Å². The van der Waals surface area contributed by atoms with E-state index in [0.717, 1.165) is 0 Å². The first kappa shape index (κ1) is 12.9. The molecular weight excluding hydrogens is 234 g/mol. The minimum atomic E-state index is -0.959. The van der Waals surface area contributed by atoms with Crippen molar-refractivity contribution in [2.75, 3.05) is 13.7 Å². The van der Waals surface area contributed by atoms with Crippen molar-refractivity contribution in [3.05, 3.63) is 30.3 Å². The van der Waals surface area contributed by atoms with Gasteiger partial charge in [-0.05, 0) is 25.0 Å². The number of nitrogens with zero attached hydrogens (tertiary/aromatic N) is 1. The second-order valence-corrected chi connectivity index (χ2v) is 4.59. The quantitative estimate of drug-likeness (QED) is 0.837. The molecule has 1 aromatic carbocycles. The van der Waals surface area contributed by atoms with Crippen LogP contribution in [0, 0.1) is 0 Å². The van der Waals surface area contributed by atoms with E-state index < -0.39 is 17.7 Å². The number of amides is 1. The van der Waals surface area contributed by atoms with Crippen LogP contribution in [0.3, 0.4) is 0 Å². The van der Waals surface area contributed by atoms with Crippen molar-refractivity contribution >= 4 is 6.09 Å². The number of aliphatic hydroxyl groups is 2. The summed E-state index contributed by atoms with van der Waals surface area (Å²) in [4.78, 5) is 13.1. The Kier molecular flexibility index (Phi) is 3.54. The third-order valence-electron chi connectivity index (χ3n) is 3.26. The molecule has 0 unspecified atom stereocenters. The molecule has 0 aromatic heterocycles. The molecule has 1 aromatic rings. The summed E-state index contributed by atoms with van der Waals surface area (Å²) in [7, 11) is 1.52. The molecule has 0 spiro atoms. The Labute approximate surface area is 106 Å². The zero-order chi connectivity index (χ0) is 13.2. The average molecular weight is 251 g/mol. The van der Waals surface area contributed by atoms with E-state index in [-0.39, 0.29) is 6.61 Å². The first-order valence-corrected chi connectivity index (χ1v) is 5.90. The minimum Gasteiger partial charge on any atom is -0.410 e. The Bertz CT molecular complexity index is 416. The van der Waals surface area contributed by atoms with Gasteiger partial charge in [-0.25, -0.2) is 4.79 Å². The van der Waals surface area contributed by atoms with Gasteiger partial charge < -0.3 is 19.8 Å². The number of carbonyl (C=O) groups is 1. The first-order valence-electron chi connectivity index (χ1n) is 5.90. The third kappa shape index (κ3) is 2.63. The van der Waals surface area contributed by atoms with Gasteiger partial charge in [0.2, 0.25) is 0 Å². The van der Waals surface area contributed by atoms with Crippen molar-refractivity contribution in [2.24, 2.45) is 0 Å². The van der Waals surface area contributed by atoms with Gasteiger partial charge in [0.1, 0.15) is 5.75 Å². The van der Waals surface area contributed by atoms with E-state index in [1.165, 1.54) is 11.9 Å². The fourth-order valence-corrected chi connectivity index (χ4v) is 1.90. The number of hydrogen-bond donors (Lipinski definition) is 2. The van der Waals surface area contributed by atoms with Crippen LogP contribution in [0.15, 0.2) is 30.3 Å². The molecule has 2 N–H and O–H groups in total. The SMILES string of the molecule is CN(C(=O)Oc1ccccc1)[C@H](CO)C1(O)CC1. The Hall–Kier alpha value is -1.59. The second-order valence-electron chi connectivity index (χ2n) is 4.59. The number of ether oxygens (including phenoxy) is 1. The van der Waals surface area contributed by atoms with E-state index in [1.807, 2.05) is 6.07 Å². The van der Waals surface area contributed by atoms with Crippen LogP contribution in [0.5, 0.6) is 5.75 Å². The maximum Gasteiger partial charge on any atom is 0.415 e. The Morgan fingerprint density at radius 3 is 2.56 bits per heavy atom. The number of rotatable bonds is 4. The molecular formula is C13H17NO4. The lowest BCUT2D eigenvalue weighted by molar-refractivity contribution is 0.0164. The summed E-state index contributed by atoms with van der Waals surface area (Å²) in [5, 5.41) is 19.2. The molecule has 0 aliphatic heterocycles. The highest BCUT2D eigenvalue weighted by atomic mass is 16.6. The van der Waals surface area contributed by atoms with Gasteiger partial charge in [0.25, 0.3) is 0 Å². The number of benzene rings is 1. The van der Waals surface area contributed by atoms with Crippen LogP contribution in [0.1, 0.15) is 12.8 Å². The van der Waals surface area contributed by atoms with E-state index >= 15 is 0 Å². The maximum atomic E-state index is 11.9. The molecule has 1 aliphatic rings. The van der Waals surface area contributed by atoms with Crippen LogP contribution in [-0.4, -0.2) is 46.5 Å². The van der Waals surface area contributed by atoms with Crippen LogP contribution in [0.2, 0.25) is 0 Å². The monoisotopic (exact) mass is 251 g/mol. The van der Waals surface area contributed by atoms with Crippen LogP contribution in [0.25, 0.3) is 0 Å². The number of carbonyl (C=O) groups excluding carboxylic acids is 1. The fourth-order valence-electron chi connectivity index (χ4n) is 1.90. The molecule has 0 radical (unpaired) electrons. The molecule has 18 heavy (non-hydrogen) atoms. The maximum absolute atomic E-state index is 11.9. The second kappa shape index (κ2) is 4.96. The van der Waals surface area contributed by atoms with Gasteiger partial charge in [0.05, 0.1) is 18.2 Å². The van der Waals surface area contributed by atoms with Crippen LogP contribution in [0.4, 0.5) is 4.79 Å². The summed E-state index contributed by atoms with van der Waals surface area (Å²) in [5.74, 6) is 0.439. The zero-order valence-corrected chi connectivity index (χ0v) is 10.2. The predicted octanol–water partition coefficient (Wildman–Crippen LogP) is 1.00. The predicted molar refractivity (Wildman–Crippen MR) is 65.3 cm³/mol. The molecule has 5 nitrogen and oxygen atoms in total. The van der Waals surface area contributed by atoms with Gasteiger partial charge in [0, 0.05) is 7.05 Å². The minimum absolute atomic E-state index is 0.281. The van der Waals surface area contributed by atoms with Crippen LogP contribution >= 0.6 is 0 Å². The molecule has 0 heterocycles. The Morgan fingerprint density at radius 1 is 1.44 bits per heavy atom. The number of hydrogen-bond acceptors (Lipinski definition) is 4. The number of likely N-dealkylation sites (N-methyl/N-ethyl adjacent to an activating group) is 1. The van der Waals surface area contributed by atoms with Crippen molar-refractivity contribution in [3.63, 3.8) is 0 Å².